The molecule has 0 unspecified atom stereocenters. The number of imidazole rings is 1. The maximum Gasteiger partial charge on any atom is 0.241 e. The summed E-state index contributed by atoms with van der Waals surface area (Å²) >= 11 is 0. The molecule has 0 spiro atoms. The summed E-state index contributed by atoms with van der Waals surface area (Å²) in [6.07, 6.45) is 9.10. The van der Waals surface area contributed by atoms with Crippen LogP contribution >= 0.6 is 0 Å². The van der Waals surface area contributed by atoms with Gasteiger partial charge in [-0.2, -0.15) is 15.0 Å². The Labute approximate surface area is 193 Å². The number of aliphatic imine (C=N–C) groups is 2. The summed E-state index contributed by atoms with van der Waals surface area (Å²) in [5, 5.41) is 0. The predicted molar refractivity (Wildman–Crippen MR) is 133 cm³/mol. The van der Waals surface area contributed by atoms with E-state index in [4.69, 9.17) is 15.0 Å². The molecular weight excluding hydrogens is 414 g/mol. The van der Waals surface area contributed by atoms with Gasteiger partial charge in [-0.3, -0.25) is 19.5 Å². The van der Waals surface area contributed by atoms with Gasteiger partial charge in [0.2, 0.25) is 17.8 Å². The SMILES string of the molecule is C=C1/C=C\C=NCc2ccccc2N1c1nc(N(C)C(C)=NCC)nc(-n2ccnc2C)n1. The molecule has 1 aliphatic heterocycles. The third-order valence-electron chi connectivity index (χ3n) is 5.28. The number of fused-ring (bicyclic) bond motifs is 1. The summed E-state index contributed by atoms with van der Waals surface area (Å²) < 4.78 is 1.83. The van der Waals surface area contributed by atoms with Gasteiger partial charge in [0.15, 0.2) is 0 Å². The van der Waals surface area contributed by atoms with E-state index in [0.29, 0.717) is 36.6 Å². The third kappa shape index (κ3) is 4.57. The quantitative estimate of drug-likeness (QED) is 0.449. The van der Waals surface area contributed by atoms with Crippen LogP contribution in [0.1, 0.15) is 25.2 Å². The van der Waals surface area contributed by atoms with E-state index in [1.165, 1.54) is 0 Å². The number of nitrogens with zero attached hydrogens (tertiary/aromatic N) is 9. The molecular formula is C24H27N9. The van der Waals surface area contributed by atoms with Gasteiger partial charge in [-0.05, 0) is 44.6 Å². The molecule has 9 heteroatoms. The highest BCUT2D eigenvalue weighted by molar-refractivity contribution is 5.94. The Morgan fingerprint density at radius 2 is 1.97 bits per heavy atom. The fourth-order valence-corrected chi connectivity index (χ4v) is 3.46. The van der Waals surface area contributed by atoms with E-state index >= 15 is 0 Å². The van der Waals surface area contributed by atoms with Gasteiger partial charge in [0.25, 0.3) is 0 Å². The predicted octanol–water partition coefficient (Wildman–Crippen LogP) is 4.03. The number of hydrogen-bond acceptors (Lipinski definition) is 7. The molecule has 0 bridgehead atoms. The standard InChI is InChI=1S/C24H27N9/c1-6-26-18(3)31(5)22-28-23(32-15-14-27-19(32)4)30-24(29-22)33-17(2)10-9-13-25-16-20-11-7-8-12-21(20)33/h7-15H,2,6,16H2,1,3-5H3/b10-9-,25-13?,26-18?. The zero-order chi connectivity index (χ0) is 23.4. The highest BCUT2D eigenvalue weighted by atomic mass is 15.4. The number of benzene rings is 1. The van der Waals surface area contributed by atoms with E-state index in [1.807, 2.05) is 84.8 Å². The molecule has 33 heavy (non-hydrogen) atoms. The van der Waals surface area contributed by atoms with Crippen molar-refractivity contribution in [3.05, 3.63) is 72.5 Å². The van der Waals surface area contributed by atoms with Gasteiger partial charge in [0.05, 0.1) is 12.2 Å². The summed E-state index contributed by atoms with van der Waals surface area (Å²) in [5.41, 5.74) is 2.67. The monoisotopic (exact) mass is 441 g/mol. The van der Waals surface area contributed by atoms with Gasteiger partial charge in [0.1, 0.15) is 11.7 Å². The average molecular weight is 442 g/mol. The first kappa shape index (κ1) is 22.1. The van der Waals surface area contributed by atoms with Gasteiger partial charge < -0.3 is 4.90 Å². The minimum absolute atomic E-state index is 0.447. The smallest absolute Gasteiger partial charge is 0.241 e. The Hall–Kier alpha value is -4.14. The number of aromatic nitrogens is 5. The van der Waals surface area contributed by atoms with Crippen molar-refractivity contribution in [1.29, 1.82) is 0 Å². The van der Waals surface area contributed by atoms with Crippen molar-refractivity contribution in [1.82, 2.24) is 24.5 Å². The first-order valence-electron chi connectivity index (χ1n) is 10.7. The second kappa shape index (κ2) is 9.56. The van der Waals surface area contributed by atoms with Crippen molar-refractivity contribution in [2.24, 2.45) is 9.98 Å². The number of para-hydroxylation sites is 1. The van der Waals surface area contributed by atoms with Crippen LogP contribution in [0, 0.1) is 6.92 Å². The number of hydrogen-bond donors (Lipinski definition) is 0. The van der Waals surface area contributed by atoms with Crippen molar-refractivity contribution in [3.63, 3.8) is 0 Å². The van der Waals surface area contributed by atoms with Crippen molar-refractivity contribution in [2.75, 3.05) is 23.4 Å². The van der Waals surface area contributed by atoms with Crippen molar-refractivity contribution < 1.29 is 0 Å². The summed E-state index contributed by atoms with van der Waals surface area (Å²) in [6, 6.07) is 8.05. The number of aryl methyl sites for hydroxylation is 1. The first-order chi connectivity index (χ1) is 16.0. The minimum atomic E-state index is 0.447. The molecule has 4 rings (SSSR count). The lowest BCUT2D eigenvalue weighted by atomic mass is 10.1. The van der Waals surface area contributed by atoms with Crippen molar-refractivity contribution >= 4 is 29.6 Å². The summed E-state index contributed by atoms with van der Waals surface area (Å²) in [4.78, 5) is 31.5. The molecule has 1 aromatic carbocycles. The summed E-state index contributed by atoms with van der Waals surface area (Å²) in [6.45, 7) is 11.3. The van der Waals surface area contributed by atoms with Crippen LogP contribution in [-0.4, -0.2) is 50.1 Å². The molecule has 2 aromatic heterocycles. The molecule has 1 aliphatic rings. The Bertz CT molecular complexity index is 1250. The van der Waals surface area contributed by atoms with Crippen LogP contribution < -0.4 is 9.80 Å². The van der Waals surface area contributed by atoms with Gasteiger partial charge in [-0.1, -0.05) is 24.8 Å². The molecule has 0 N–H and O–H groups in total. The highest BCUT2D eigenvalue weighted by Gasteiger charge is 2.22. The molecule has 0 radical (unpaired) electrons. The zero-order valence-electron chi connectivity index (χ0n) is 19.3. The summed E-state index contributed by atoms with van der Waals surface area (Å²) in [7, 11) is 1.90. The molecule has 0 atom stereocenters. The molecule has 0 aliphatic carbocycles. The zero-order valence-corrected chi connectivity index (χ0v) is 19.3. The second-order valence-corrected chi connectivity index (χ2v) is 7.46. The van der Waals surface area contributed by atoms with Gasteiger partial charge in [0, 0.05) is 37.9 Å². The minimum Gasteiger partial charge on any atom is -0.302 e. The Morgan fingerprint density at radius 3 is 2.73 bits per heavy atom. The van der Waals surface area contributed by atoms with E-state index in [1.54, 1.807) is 12.4 Å². The third-order valence-corrected chi connectivity index (χ3v) is 5.28. The molecule has 0 amide bonds. The van der Waals surface area contributed by atoms with E-state index in [-0.39, 0.29) is 0 Å². The molecule has 3 aromatic rings. The van der Waals surface area contributed by atoms with Crippen LogP contribution in [0.15, 0.2) is 71.1 Å². The number of allylic oxidation sites excluding steroid dienone is 2. The fourth-order valence-electron chi connectivity index (χ4n) is 3.46. The van der Waals surface area contributed by atoms with Gasteiger partial charge in [-0.25, -0.2) is 4.98 Å². The lowest BCUT2D eigenvalue weighted by Gasteiger charge is -2.26. The number of amidine groups is 1. The number of anilines is 3. The summed E-state index contributed by atoms with van der Waals surface area (Å²) in [5.74, 6) is 2.97. The van der Waals surface area contributed by atoms with Crippen LogP contribution in [0.5, 0.6) is 0 Å². The molecule has 0 fully saturated rings. The number of rotatable bonds is 4. The highest BCUT2D eigenvalue weighted by Crippen LogP contribution is 2.32. The maximum absolute atomic E-state index is 4.83. The van der Waals surface area contributed by atoms with Crippen molar-refractivity contribution in [3.8, 4) is 5.95 Å². The normalized spacial score (nSPS) is 15.0. The fraction of sp³-hybridized carbons (Fsp3) is 0.250. The van der Waals surface area contributed by atoms with Gasteiger partial charge >= 0.3 is 0 Å². The molecule has 0 saturated heterocycles. The van der Waals surface area contributed by atoms with Crippen molar-refractivity contribution in [2.45, 2.75) is 27.3 Å². The average Bonchev–Trinajstić information content (AvgIpc) is 3.27. The van der Waals surface area contributed by atoms with E-state index in [9.17, 15) is 0 Å². The maximum atomic E-state index is 4.83. The van der Waals surface area contributed by atoms with Crippen LogP contribution in [0.4, 0.5) is 17.6 Å². The van der Waals surface area contributed by atoms with Gasteiger partial charge in [-0.15, -0.1) is 0 Å². The van der Waals surface area contributed by atoms with Crippen LogP contribution in [0.2, 0.25) is 0 Å². The van der Waals surface area contributed by atoms with E-state index < -0.39 is 0 Å². The van der Waals surface area contributed by atoms with Crippen LogP contribution in [-0.2, 0) is 6.54 Å². The Kier molecular flexibility index (Phi) is 6.39. The largest absolute Gasteiger partial charge is 0.302 e. The van der Waals surface area contributed by atoms with Crippen LogP contribution in [0.3, 0.4) is 0 Å². The first-order valence-corrected chi connectivity index (χ1v) is 10.7. The molecule has 168 valence electrons. The Balaban J connectivity index is 1.94. The molecule has 3 heterocycles. The van der Waals surface area contributed by atoms with E-state index in [2.05, 4.69) is 21.5 Å². The topological polar surface area (TPSA) is 87.7 Å². The molecule has 9 nitrogen and oxygen atoms in total. The lowest BCUT2D eigenvalue weighted by molar-refractivity contribution is 0.845. The Morgan fingerprint density at radius 1 is 1.18 bits per heavy atom. The second-order valence-electron chi connectivity index (χ2n) is 7.46. The molecule has 0 saturated carbocycles. The van der Waals surface area contributed by atoms with Crippen LogP contribution in [0.25, 0.3) is 5.95 Å². The lowest BCUT2D eigenvalue weighted by Crippen LogP contribution is -2.28. The van der Waals surface area contributed by atoms with E-state index in [0.717, 1.165) is 22.9 Å².